The first-order valence-electron chi connectivity index (χ1n) is 6.77. The Morgan fingerprint density at radius 1 is 1.09 bits per heavy atom. The maximum absolute atomic E-state index is 12.6. The fourth-order valence-corrected chi connectivity index (χ4v) is 2.61. The minimum Gasteiger partial charge on any atom is -0.366 e. The summed E-state index contributed by atoms with van der Waals surface area (Å²) >= 11 is 0. The van der Waals surface area contributed by atoms with E-state index < -0.39 is 23.6 Å². The Balaban J connectivity index is 1.95. The van der Waals surface area contributed by atoms with Crippen LogP contribution in [-0.2, 0) is 12.7 Å². The third-order valence-electron chi connectivity index (χ3n) is 3.75. The molecule has 2 amide bonds. The molecular weight excluding hydrogens is 311 g/mol. The van der Waals surface area contributed by atoms with Gasteiger partial charge in [-0.1, -0.05) is 0 Å². The van der Waals surface area contributed by atoms with Gasteiger partial charge in [0.15, 0.2) is 0 Å². The molecule has 2 heterocycles. The molecule has 1 aliphatic heterocycles. The second-order valence-electron chi connectivity index (χ2n) is 5.14. The Morgan fingerprint density at radius 2 is 1.74 bits per heavy atom. The molecule has 0 aliphatic carbocycles. The first kappa shape index (κ1) is 15.1. The summed E-state index contributed by atoms with van der Waals surface area (Å²) in [6.45, 7) is 0.722. The predicted octanol–water partition coefficient (Wildman–Crippen LogP) is 2.27. The number of primary amides is 1. The number of aromatic nitrogens is 1. The van der Waals surface area contributed by atoms with E-state index in [9.17, 15) is 22.8 Å². The Labute approximate surface area is 129 Å². The second kappa shape index (κ2) is 5.15. The van der Waals surface area contributed by atoms with Crippen molar-refractivity contribution in [1.82, 2.24) is 4.57 Å². The first-order valence-corrected chi connectivity index (χ1v) is 6.77. The average Bonchev–Trinajstić information content (AvgIpc) is 2.92. The fourth-order valence-electron chi connectivity index (χ4n) is 2.61. The van der Waals surface area contributed by atoms with E-state index in [4.69, 9.17) is 5.73 Å². The zero-order valence-corrected chi connectivity index (χ0v) is 11.8. The number of nitrogens with zero attached hydrogens (tertiary/aromatic N) is 2. The quantitative estimate of drug-likeness (QED) is 0.921. The molecule has 120 valence electrons. The lowest BCUT2D eigenvalue weighted by atomic mass is 10.1. The standard InChI is InChI=1S/C15H12F3N3O2/c16-15(17,18)9-1-3-10(4-2-9)21-8-7-20-6-5-11(13(19)22)12(20)14(21)23/h1-6H,7-8H2,(H2,19,22). The molecule has 23 heavy (non-hydrogen) atoms. The van der Waals surface area contributed by atoms with Crippen molar-refractivity contribution in [3.63, 3.8) is 0 Å². The lowest BCUT2D eigenvalue weighted by molar-refractivity contribution is -0.137. The number of hydrogen-bond donors (Lipinski definition) is 1. The number of nitrogens with two attached hydrogens (primary N) is 1. The van der Waals surface area contributed by atoms with Gasteiger partial charge in [0.2, 0.25) is 0 Å². The molecule has 0 bridgehead atoms. The van der Waals surface area contributed by atoms with Crippen LogP contribution in [0.15, 0.2) is 36.5 Å². The van der Waals surface area contributed by atoms with Gasteiger partial charge in [-0.05, 0) is 30.3 Å². The number of carbonyl (C=O) groups is 2. The highest BCUT2D eigenvalue weighted by Gasteiger charge is 2.32. The normalized spacial score (nSPS) is 14.7. The minimum absolute atomic E-state index is 0.103. The summed E-state index contributed by atoms with van der Waals surface area (Å²) in [6.07, 6.45) is -2.84. The maximum atomic E-state index is 12.6. The van der Waals surface area contributed by atoms with Crippen molar-refractivity contribution in [3.8, 4) is 0 Å². The number of fused-ring (bicyclic) bond motifs is 1. The van der Waals surface area contributed by atoms with Crippen molar-refractivity contribution < 1.29 is 22.8 Å². The number of alkyl halides is 3. The molecule has 1 aromatic carbocycles. The van der Waals surface area contributed by atoms with Crippen molar-refractivity contribution in [2.24, 2.45) is 5.73 Å². The zero-order chi connectivity index (χ0) is 16.8. The molecular formula is C15H12F3N3O2. The third kappa shape index (κ3) is 2.56. The molecule has 0 spiro atoms. The number of benzene rings is 1. The number of anilines is 1. The summed E-state index contributed by atoms with van der Waals surface area (Å²) in [5, 5.41) is 0. The molecule has 3 rings (SSSR count). The molecule has 0 unspecified atom stereocenters. The lowest BCUT2D eigenvalue weighted by Gasteiger charge is -2.29. The van der Waals surface area contributed by atoms with Crippen LogP contribution in [-0.4, -0.2) is 22.9 Å². The largest absolute Gasteiger partial charge is 0.416 e. The molecule has 0 radical (unpaired) electrons. The SMILES string of the molecule is NC(=O)c1ccn2c1C(=O)N(c1ccc(C(F)(F)F)cc1)CC2. The van der Waals surface area contributed by atoms with E-state index in [1.54, 1.807) is 10.8 Å². The Kier molecular flexibility index (Phi) is 3.39. The van der Waals surface area contributed by atoms with E-state index in [-0.39, 0.29) is 11.3 Å². The van der Waals surface area contributed by atoms with Gasteiger partial charge in [0.05, 0.1) is 11.1 Å². The Hall–Kier alpha value is -2.77. The smallest absolute Gasteiger partial charge is 0.366 e. The highest BCUT2D eigenvalue weighted by Crippen LogP contribution is 2.31. The van der Waals surface area contributed by atoms with Gasteiger partial charge in [0, 0.05) is 25.0 Å². The van der Waals surface area contributed by atoms with Gasteiger partial charge in [-0.25, -0.2) is 0 Å². The first-order chi connectivity index (χ1) is 10.8. The number of carbonyl (C=O) groups excluding carboxylic acids is 2. The zero-order valence-electron chi connectivity index (χ0n) is 11.8. The van der Waals surface area contributed by atoms with Crippen molar-refractivity contribution in [1.29, 1.82) is 0 Å². The van der Waals surface area contributed by atoms with Crippen molar-refractivity contribution >= 4 is 17.5 Å². The van der Waals surface area contributed by atoms with Gasteiger partial charge in [-0.2, -0.15) is 13.2 Å². The third-order valence-corrected chi connectivity index (χ3v) is 3.75. The van der Waals surface area contributed by atoms with Crippen LogP contribution in [0.5, 0.6) is 0 Å². The van der Waals surface area contributed by atoms with Crippen molar-refractivity contribution in [2.75, 3.05) is 11.4 Å². The summed E-state index contributed by atoms with van der Waals surface area (Å²) in [7, 11) is 0. The molecule has 2 aromatic rings. The van der Waals surface area contributed by atoms with Gasteiger partial charge in [0.25, 0.3) is 11.8 Å². The van der Waals surface area contributed by atoms with Gasteiger partial charge < -0.3 is 15.2 Å². The van der Waals surface area contributed by atoms with Crippen molar-refractivity contribution in [2.45, 2.75) is 12.7 Å². The lowest BCUT2D eigenvalue weighted by Crippen LogP contribution is -2.41. The monoisotopic (exact) mass is 323 g/mol. The Morgan fingerprint density at radius 3 is 2.30 bits per heavy atom. The minimum atomic E-state index is -4.43. The van der Waals surface area contributed by atoms with Crippen LogP contribution in [0.3, 0.4) is 0 Å². The van der Waals surface area contributed by atoms with Crippen LogP contribution in [0, 0.1) is 0 Å². The van der Waals surface area contributed by atoms with E-state index in [1.807, 2.05) is 0 Å². The molecule has 0 atom stereocenters. The van der Waals surface area contributed by atoms with E-state index in [2.05, 4.69) is 0 Å². The molecule has 0 saturated carbocycles. The molecule has 8 heteroatoms. The molecule has 1 aromatic heterocycles. The predicted molar refractivity (Wildman–Crippen MR) is 76.1 cm³/mol. The van der Waals surface area contributed by atoms with Crippen LogP contribution >= 0.6 is 0 Å². The highest BCUT2D eigenvalue weighted by atomic mass is 19.4. The molecule has 2 N–H and O–H groups in total. The number of hydrogen-bond acceptors (Lipinski definition) is 2. The van der Waals surface area contributed by atoms with Crippen LogP contribution in [0.25, 0.3) is 0 Å². The van der Waals surface area contributed by atoms with Gasteiger partial charge >= 0.3 is 6.18 Å². The number of halogens is 3. The van der Waals surface area contributed by atoms with Crippen LogP contribution in [0.4, 0.5) is 18.9 Å². The van der Waals surface area contributed by atoms with Crippen LogP contribution in [0.1, 0.15) is 26.4 Å². The molecule has 0 saturated heterocycles. The van der Waals surface area contributed by atoms with E-state index >= 15 is 0 Å². The van der Waals surface area contributed by atoms with E-state index in [1.165, 1.54) is 23.1 Å². The van der Waals surface area contributed by atoms with Gasteiger partial charge in [-0.3, -0.25) is 9.59 Å². The van der Waals surface area contributed by atoms with Gasteiger partial charge in [-0.15, -0.1) is 0 Å². The topological polar surface area (TPSA) is 68.3 Å². The summed E-state index contributed by atoms with van der Waals surface area (Å²) in [5.74, 6) is -1.18. The summed E-state index contributed by atoms with van der Waals surface area (Å²) in [5.41, 5.74) is 5.06. The van der Waals surface area contributed by atoms with Crippen LogP contribution in [0.2, 0.25) is 0 Å². The van der Waals surface area contributed by atoms with Gasteiger partial charge in [0.1, 0.15) is 5.69 Å². The molecule has 0 fully saturated rings. The molecule has 1 aliphatic rings. The fraction of sp³-hybridized carbons (Fsp3) is 0.200. The second-order valence-corrected chi connectivity index (χ2v) is 5.14. The number of rotatable bonds is 2. The molecule has 5 nitrogen and oxygen atoms in total. The maximum Gasteiger partial charge on any atom is 0.416 e. The van der Waals surface area contributed by atoms with E-state index in [0.717, 1.165) is 12.1 Å². The Bertz CT molecular complexity index is 778. The summed E-state index contributed by atoms with van der Waals surface area (Å²) < 4.78 is 39.4. The summed E-state index contributed by atoms with van der Waals surface area (Å²) in [6, 6.07) is 5.79. The number of amides is 2. The van der Waals surface area contributed by atoms with Crippen LogP contribution < -0.4 is 10.6 Å². The van der Waals surface area contributed by atoms with Crippen molar-refractivity contribution in [3.05, 3.63) is 53.3 Å². The average molecular weight is 323 g/mol. The highest BCUT2D eigenvalue weighted by molar-refractivity contribution is 6.12. The summed E-state index contributed by atoms with van der Waals surface area (Å²) in [4.78, 5) is 25.3. The van der Waals surface area contributed by atoms with E-state index in [0.29, 0.717) is 18.8 Å².